The summed E-state index contributed by atoms with van der Waals surface area (Å²) in [6, 6.07) is 6.08. The SMILES string of the molecule is Cc1ccc(C)c(C(=O)NCC2(N3CCOCC3)CCCCC2)c1. The highest BCUT2D eigenvalue weighted by molar-refractivity contribution is 5.95. The molecule has 0 unspecified atom stereocenters. The maximum Gasteiger partial charge on any atom is 0.251 e. The third kappa shape index (κ3) is 3.81. The number of amides is 1. The van der Waals surface area contributed by atoms with E-state index < -0.39 is 0 Å². The van der Waals surface area contributed by atoms with Gasteiger partial charge in [0, 0.05) is 30.7 Å². The first kappa shape index (κ1) is 17.4. The maximum absolute atomic E-state index is 12.7. The molecule has 2 aliphatic rings. The Morgan fingerprint density at radius 2 is 1.88 bits per heavy atom. The van der Waals surface area contributed by atoms with Gasteiger partial charge in [0.1, 0.15) is 0 Å². The molecule has 0 bridgehead atoms. The summed E-state index contributed by atoms with van der Waals surface area (Å²) in [4.78, 5) is 15.3. The number of nitrogens with zero attached hydrogens (tertiary/aromatic N) is 1. The molecule has 4 heteroatoms. The van der Waals surface area contributed by atoms with Gasteiger partial charge in [-0.1, -0.05) is 37.0 Å². The van der Waals surface area contributed by atoms with Crippen LogP contribution in [-0.4, -0.2) is 49.2 Å². The minimum absolute atomic E-state index is 0.0643. The molecule has 2 fully saturated rings. The van der Waals surface area contributed by atoms with Crippen LogP contribution in [0, 0.1) is 13.8 Å². The molecule has 1 aromatic carbocycles. The molecule has 1 aromatic rings. The van der Waals surface area contributed by atoms with Crippen molar-refractivity contribution >= 4 is 5.91 Å². The molecule has 0 radical (unpaired) electrons. The van der Waals surface area contributed by atoms with Gasteiger partial charge in [-0.25, -0.2) is 0 Å². The smallest absolute Gasteiger partial charge is 0.251 e. The third-order valence-corrected chi connectivity index (χ3v) is 5.68. The molecule has 0 spiro atoms. The van der Waals surface area contributed by atoms with Gasteiger partial charge >= 0.3 is 0 Å². The number of carbonyl (C=O) groups excluding carboxylic acids is 1. The number of ether oxygens (including phenoxy) is 1. The van der Waals surface area contributed by atoms with Crippen molar-refractivity contribution in [3.05, 3.63) is 34.9 Å². The van der Waals surface area contributed by atoms with Crippen LogP contribution in [0.3, 0.4) is 0 Å². The van der Waals surface area contributed by atoms with E-state index in [1.54, 1.807) is 0 Å². The number of carbonyl (C=O) groups is 1. The zero-order chi connectivity index (χ0) is 17.0. The Morgan fingerprint density at radius 3 is 2.58 bits per heavy atom. The van der Waals surface area contributed by atoms with Crippen LogP contribution in [0.25, 0.3) is 0 Å². The van der Waals surface area contributed by atoms with E-state index in [0.29, 0.717) is 0 Å². The monoisotopic (exact) mass is 330 g/mol. The Morgan fingerprint density at radius 1 is 1.17 bits per heavy atom. The molecule has 3 rings (SSSR count). The van der Waals surface area contributed by atoms with Crippen molar-refractivity contribution in [1.29, 1.82) is 0 Å². The number of hydrogen-bond acceptors (Lipinski definition) is 3. The second-order valence-corrected chi connectivity index (χ2v) is 7.39. The molecule has 0 atom stereocenters. The maximum atomic E-state index is 12.7. The largest absolute Gasteiger partial charge is 0.379 e. The Kier molecular flexibility index (Phi) is 5.57. The minimum atomic E-state index is 0.0643. The average molecular weight is 330 g/mol. The first-order valence-corrected chi connectivity index (χ1v) is 9.29. The minimum Gasteiger partial charge on any atom is -0.379 e. The summed E-state index contributed by atoms with van der Waals surface area (Å²) in [5.41, 5.74) is 3.10. The van der Waals surface area contributed by atoms with Gasteiger partial charge in [-0.05, 0) is 38.3 Å². The second kappa shape index (κ2) is 7.66. The summed E-state index contributed by atoms with van der Waals surface area (Å²) in [5, 5.41) is 3.25. The highest BCUT2D eigenvalue weighted by Gasteiger charge is 2.38. The van der Waals surface area contributed by atoms with Crippen LogP contribution in [0.5, 0.6) is 0 Å². The summed E-state index contributed by atoms with van der Waals surface area (Å²) < 4.78 is 5.53. The van der Waals surface area contributed by atoms with Crippen LogP contribution in [0.1, 0.15) is 53.6 Å². The lowest BCUT2D eigenvalue weighted by Crippen LogP contribution is -2.59. The summed E-state index contributed by atoms with van der Waals surface area (Å²) in [6.07, 6.45) is 6.20. The van der Waals surface area contributed by atoms with Crippen LogP contribution < -0.4 is 5.32 Å². The van der Waals surface area contributed by atoms with E-state index >= 15 is 0 Å². The van der Waals surface area contributed by atoms with Crippen molar-refractivity contribution < 1.29 is 9.53 Å². The van der Waals surface area contributed by atoms with Gasteiger partial charge in [0.25, 0.3) is 5.91 Å². The van der Waals surface area contributed by atoms with Gasteiger partial charge in [0.05, 0.1) is 13.2 Å². The molecule has 1 heterocycles. The molecule has 1 N–H and O–H groups in total. The van der Waals surface area contributed by atoms with Crippen molar-refractivity contribution in [3.63, 3.8) is 0 Å². The Hall–Kier alpha value is -1.39. The fourth-order valence-corrected chi connectivity index (χ4v) is 4.17. The van der Waals surface area contributed by atoms with E-state index in [0.717, 1.165) is 49.5 Å². The Labute approximate surface area is 145 Å². The first-order valence-electron chi connectivity index (χ1n) is 9.29. The topological polar surface area (TPSA) is 41.6 Å². The molecule has 1 saturated heterocycles. The van der Waals surface area contributed by atoms with E-state index in [4.69, 9.17) is 4.74 Å². The predicted octanol–water partition coefficient (Wildman–Crippen LogP) is 3.07. The van der Waals surface area contributed by atoms with Crippen LogP contribution in [0.2, 0.25) is 0 Å². The van der Waals surface area contributed by atoms with Gasteiger partial charge in [-0.3, -0.25) is 9.69 Å². The number of hydrogen-bond donors (Lipinski definition) is 1. The predicted molar refractivity (Wildman–Crippen MR) is 96.5 cm³/mol. The van der Waals surface area contributed by atoms with E-state index in [9.17, 15) is 4.79 Å². The molecule has 1 aliphatic heterocycles. The van der Waals surface area contributed by atoms with Gasteiger partial charge in [0.15, 0.2) is 0 Å². The van der Waals surface area contributed by atoms with Crippen molar-refractivity contribution in [1.82, 2.24) is 10.2 Å². The van der Waals surface area contributed by atoms with Crippen LogP contribution in [0.15, 0.2) is 18.2 Å². The van der Waals surface area contributed by atoms with Gasteiger partial charge in [-0.2, -0.15) is 0 Å². The molecule has 1 saturated carbocycles. The number of aryl methyl sites for hydroxylation is 2. The number of rotatable bonds is 4. The lowest BCUT2D eigenvalue weighted by Gasteiger charge is -2.48. The summed E-state index contributed by atoms with van der Waals surface area (Å²) in [6.45, 7) is 8.39. The number of morpholine rings is 1. The first-order chi connectivity index (χ1) is 11.6. The number of benzene rings is 1. The van der Waals surface area contributed by atoms with E-state index in [-0.39, 0.29) is 11.4 Å². The molecular weight excluding hydrogens is 300 g/mol. The fourth-order valence-electron chi connectivity index (χ4n) is 4.17. The Bertz CT molecular complexity index is 573. The summed E-state index contributed by atoms with van der Waals surface area (Å²) in [7, 11) is 0. The average Bonchev–Trinajstić information content (AvgIpc) is 2.63. The molecule has 1 aliphatic carbocycles. The Balaban J connectivity index is 1.71. The highest BCUT2D eigenvalue weighted by Crippen LogP contribution is 2.34. The van der Waals surface area contributed by atoms with Gasteiger partial charge in [-0.15, -0.1) is 0 Å². The van der Waals surface area contributed by atoms with Crippen molar-refractivity contribution in [2.24, 2.45) is 0 Å². The van der Waals surface area contributed by atoms with Crippen LogP contribution >= 0.6 is 0 Å². The second-order valence-electron chi connectivity index (χ2n) is 7.39. The zero-order valence-electron chi connectivity index (χ0n) is 15.1. The normalized spacial score (nSPS) is 21.4. The third-order valence-electron chi connectivity index (χ3n) is 5.68. The van der Waals surface area contributed by atoms with Crippen molar-refractivity contribution in [3.8, 4) is 0 Å². The zero-order valence-corrected chi connectivity index (χ0v) is 15.1. The lowest BCUT2D eigenvalue weighted by molar-refractivity contribution is -0.0361. The number of nitrogens with one attached hydrogen (secondary N) is 1. The fraction of sp³-hybridized carbons (Fsp3) is 0.650. The molecule has 1 amide bonds. The highest BCUT2D eigenvalue weighted by atomic mass is 16.5. The quantitative estimate of drug-likeness (QED) is 0.922. The lowest BCUT2D eigenvalue weighted by atomic mass is 9.79. The van der Waals surface area contributed by atoms with E-state index in [1.165, 1.54) is 32.1 Å². The summed E-state index contributed by atoms with van der Waals surface area (Å²) >= 11 is 0. The van der Waals surface area contributed by atoms with Crippen LogP contribution in [-0.2, 0) is 4.74 Å². The van der Waals surface area contributed by atoms with Crippen molar-refractivity contribution in [2.75, 3.05) is 32.8 Å². The molecule has 132 valence electrons. The standard InChI is InChI=1S/C20H30N2O2/c1-16-6-7-17(2)18(14-16)19(23)21-15-20(8-4-3-5-9-20)22-10-12-24-13-11-22/h6-7,14H,3-5,8-13,15H2,1-2H3,(H,21,23). The van der Waals surface area contributed by atoms with E-state index in [1.807, 2.05) is 26.0 Å². The summed E-state index contributed by atoms with van der Waals surface area (Å²) in [5.74, 6) is 0.0643. The van der Waals surface area contributed by atoms with Crippen LogP contribution in [0.4, 0.5) is 0 Å². The molecular formula is C20H30N2O2. The molecule has 24 heavy (non-hydrogen) atoms. The van der Waals surface area contributed by atoms with E-state index in [2.05, 4.69) is 16.3 Å². The van der Waals surface area contributed by atoms with Gasteiger partial charge in [0.2, 0.25) is 0 Å². The van der Waals surface area contributed by atoms with Gasteiger partial charge < -0.3 is 10.1 Å². The molecule has 4 nitrogen and oxygen atoms in total. The molecule has 0 aromatic heterocycles. The van der Waals surface area contributed by atoms with Crippen molar-refractivity contribution in [2.45, 2.75) is 51.5 Å².